The molecule has 25 heavy (non-hydrogen) atoms. The van der Waals surface area contributed by atoms with Gasteiger partial charge in [-0.3, -0.25) is 4.98 Å². The van der Waals surface area contributed by atoms with Crippen molar-refractivity contribution in [1.82, 2.24) is 24.5 Å². The summed E-state index contributed by atoms with van der Waals surface area (Å²) < 4.78 is 2.21. The Bertz CT molecular complexity index is 830. The normalized spacial score (nSPS) is 17.6. The first-order chi connectivity index (χ1) is 12.3. The summed E-state index contributed by atoms with van der Waals surface area (Å²) >= 11 is 0. The van der Waals surface area contributed by atoms with E-state index >= 15 is 0 Å². The molecule has 0 aromatic carbocycles. The number of piperidine rings is 1. The van der Waals surface area contributed by atoms with Gasteiger partial charge < -0.3 is 15.2 Å². The fraction of sp³-hybridized carbons (Fsp3) is 0.333. The van der Waals surface area contributed by atoms with E-state index in [1.54, 1.807) is 18.5 Å². The van der Waals surface area contributed by atoms with E-state index in [1.807, 2.05) is 24.7 Å². The highest BCUT2D eigenvalue weighted by Gasteiger charge is 2.26. The number of rotatable bonds is 4. The highest BCUT2D eigenvalue weighted by Crippen LogP contribution is 2.28. The molecule has 0 amide bonds. The molecule has 3 aromatic rings. The van der Waals surface area contributed by atoms with Gasteiger partial charge in [0.25, 0.3) is 0 Å². The summed E-state index contributed by atoms with van der Waals surface area (Å²) in [5, 5.41) is 0. The first-order valence-corrected chi connectivity index (χ1v) is 8.53. The van der Waals surface area contributed by atoms with Crippen molar-refractivity contribution in [3.63, 3.8) is 0 Å². The maximum absolute atomic E-state index is 5.80. The molecule has 2 N–H and O–H groups in total. The van der Waals surface area contributed by atoms with Crippen LogP contribution < -0.4 is 10.6 Å². The number of aromatic nitrogens is 5. The average molecular weight is 335 g/mol. The minimum atomic E-state index is 0.352. The van der Waals surface area contributed by atoms with Gasteiger partial charge in [0.15, 0.2) is 0 Å². The molecule has 4 rings (SSSR count). The van der Waals surface area contributed by atoms with E-state index in [9.17, 15) is 0 Å². The van der Waals surface area contributed by atoms with Crippen LogP contribution in [0.4, 0.5) is 11.8 Å². The second kappa shape index (κ2) is 6.88. The molecule has 0 unspecified atom stereocenters. The summed E-state index contributed by atoms with van der Waals surface area (Å²) in [5.41, 5.74) is 6.98. The van der Waals surface area contributed by atoms with Crippen LogP contribution >= 0.6 is 0 Å². The van der Waals surface area contributed by atoms with Crippen molar-refractivity contribution in [2.24, 2.45) is 0 Å². The molecule has 0 aliphatic carbocycles. The maximum atomic E-state index is 5.80. The second-order valence-electron chi connectivity index (χ2n) is 6.34. The van der Waals surface area contributed by atoms with Crippen LogP contribution in [0.1, 0.15) is 30.1 Å². The third-order valence-corrected chi connectivity index (χ3v) is 4.56. The highest BCUT2D eigenvalue weighted by molar-refractivity contribution is 5.38. The topological polar surface area (TPSA) is 85.8 Å². The van der Waals surface area contributed by atoms with E-state index in [4.69, 9.17) is 5.73 Å². The fourth-order valence-electron chi connectivity index (χ4n) is 3.39. The third-order valence-electron chi connectivity index (χ3n) is 4.56. The van der Waals surface area contributed by atoms with Gasteiger partial charge in [-0.15, -0.1) is 0 Å². The predicted molar refractivity (Wildman–Crippen MR) is 96.2 cm³/mol. The fourth-order valence-corrected chi connectivity index (χ4v) is 3.39. The summed E-state index contributed by atoms with van der Waals surface area (Å²) in [6.45, 7) is 2.59. The van der Waals surface area contributed by atoms with Gasteiger partial charge in [0.05, 0.1) is 6.54 Å². The van der Waals surface area contributed by atoms with E-state index in [1.165, 1.54) is 5.56 Å². The number of nitrogens with zero attached hydrogens (tertiary/aromatic N) is 6. The van der Waals surface area contributed by atoms with Crippen molar-refractivity contribution < 1.29 is 0 Å². The number of anilines is 2. The quantitative estimate of drug-likeness (QED) is 0.786. The molecule has 1 aliphatic heterocycles. The van der Waals surface area contributed by atoms with Gasteiger partial charge in [-0.2, -0.15) is 4.98 Å². The molecule has 3 aromatic heterocycles. The maximum Gasteiger partial charge on any atom is 0.227 e. The van der Waals surface area contributed by atoms with Crippen molar-refractivity contribution in [3.05, 3.63) is 60.6 Å². The van der Waals surface area contributed by atoms with Crippen LogP contribution in [0, 0.1) is 0 Å². The number of hydrogen-bond donors (Lipinski definition) is 1. The number of pyridine rings is 1. The van der Waals surface area contributed by atoms with Gasteiger partial charge in [0, 0.05) is 50.0 Å². The van der Waals surface area contributed by atoms with Crippen LogP contribution in [-0.4, -0.2) is 37.6 Å². The molecular weight excluding hydrogens is 314 g/mol. The van der Waals surface area contributed by atoms with Crippen molar-refractivity contribution in [3.8, 4) is 0 Å². The van der Waals surface area contributed by atoms with Gasteiger partial charge in [-0.25, -0.2) is 9.97 Å². The third kappa shape index (κ3) is 3.45. The first-order valence-electron chi connectivity index (χ1n) is 8.53. The molecule has 4 heterocycles. The molecule has 0 bridgehead atoms. The molecule has 7 nitrogen and oxygen atoms in total. The number of hydrogen-bond acceptors (Lipinski definition) is 6. The summed E-state index contributed by atoms with van der Waals surface area (Å²) in [7, 11) is 0. The smallest absolute Gasteiger partial charge is 0.227 e. The Kier molecular flexibility index (Phi) is 4.28. The lowest BCUT2D eigenvalue weighted by Gasteiger charge is -2.32. The predicted octanol–water partition coefficient (Wildman–Crippen LogP) is 2.08. The van der Waals surface area contributed by atoms with Crippen LogP contribution in [-0.2, 0) is 6.54 Å². The van der Waals surface area contributed by atoms with E-state index in [0.717, 1.165) is 38.3 Å². The molecule has 7 heteroatoms. The molecule has 1 aliphatic rings. The number of nitrogen functional groups attached to an aromatic ring is 1. The van der Waals surface area contributed by atoms with Crippen LogP contribution in [0.2, 0.25) is 0 Å². The van der Waals surface area contributed by atoms with Gasteiger partial charge in [0.1, 0.15) is 11.6 Å². The summed E-state index contributed by atoms with van der Waals surface area (Å²) in [5.74, 6) is 2.67. The zero-order valence-electron chi connectivity index (χ0n) is 14.0. The zero-order chi connectivity index (χ0) is 17.1. The zero-order valence-corrected chi connectivity index (χ0v) is 14.0. The molecule has 0 radical (unpaired) electrons. The minimum absolute atomic E-state index is 0.352. The lowest BCUT2D eigenvalue weighted by atomic mass is 9.97. The largest absolute Gasteiger partial charge is 0.384 e. The SMILES string of the molecule is Nc1ccnc(N2CCC[C@H](c3nccn3Cc3cccnc3)C2)n1. The number of nitrogens with two attached hydrogens (primary N) is 1. The van der Waals surface area contributed by atoms with Gasteiger partial charge in [-0.05, 0) is 30.5 Å². The standard InChI is InChI=1S/C18H21N7/c19-16-5-7-22-18(23-16)25-9-2-4-15(13-25)17-21-8-10-24(17)12-14-3-1-6-20-11-14/h1,3,5-8,10-11,15H,2,4,9,12-13H2,(H2,19,22,23)/t15-/m0/s1. The van der Waals surface area contributed by atoms with E-state index in [-0.39, 0.29) is 0 Å². The van der Waals surface area contributed by atoms with Gasteiger partial charge in [-0.1, -0.05) is 6.07 Å². The Labute approximate surface area is 146 Å². The van der Waals surface area contributed by atoms with Crippen LogP contribution in [0.25, 0.3) is 0 Å². The number of imidazole rings is 1. The molecule has 1 saturated heterocycles. The Morgan fingerprint density at radius 2 is 2.12 bits per heavy atom. The Balaban J connectivity index is 1.53. The minimum Gasteiger partial charge on any atom is -0.384 e. The van der Waals surface area contributed by atoms with Crippen LogP contribution in [0.5, 0.6) is 0 Å². The van der Waals surface area contributed by atoms with Crippen molar-refractivity contribution >= 4 is 11.8 Å². The van der Waals surface area contributed by atoms with Gasteiger partial charge >= 0.3 is 0 Å². The van der Waals surface area contributed by atoms with E-state index in [2.05, 4.69) is 35.5 Å². The molecule has 128 valence electrons. The van der Waals surface area contributed by atoms with Crippen molar-refractivity contribution in [2.75, 3.05) is 23.7 Å². The first kappa shape index (κ1) is 15.6. The molecular formula is C18H21N7. The second-order valence-corrected chi connectivity index (χ2v) is 6.34. The molecule has 1 fully saturated rings. The van der Waals surface area contributed by atoms with Gasteiger partial charge in [0.2, 0.25) is 5.95 Å². The highest BCUT2D eigenvalue weighted by atomic mass is 15.3. The summed E-state index contributed by atoms with van der Waals surface area (Å²) in [6.07, 6.45) is 11.5. The monoisotopic (exact) mass is 335 g/mol. The van der Waals surface area contributed by atoms with Crippen molar-refractivity contribution in [1.29, 1.82) is 0 Å². The molecule has 0 saturated carbocycles. The average Bonchev–Trinajstić information content (AvgIpc) is 3.11. The lowest BCUT2D eigenvalue weighted by molar-refractivity contribution is 0.471. The lowest BCUT2D eigenvalue weighted by Crippen LogP contribution is -2.36. The van der Waals surface area contributed by atoms with Crippen molar-refractivity contribution in [2.45, 2.75) is 25.3 Å². The molecule has 1 atom stereocenters. The van der Waals surface area contributed by atoms with Crippen LogP contribution in [0.15, 0.2) is 49.2 Å². The van der Waals surface area contributed by atoms with Crippen LogP contribution in [0.3, 0.4) is 0 Å². The Morgan fingerprint density at radius 1 is 1.16 bits per heavy atom. The molecule has 0 spiro atoms. The Morgan fingerprint density at radius 3 is 2.96 bits per heavy atom. The summed E-state index contributed by atoms with van der Waals surface area (Å²) in [4.78, 5) is 19.8. The van der Waals surface area contributed by atoms with E-state index < -0.39 is 0 Å². The van der Waals surface area contributed by atoms with E-state index in [0.29, 0.717) is 17.7 Å². The Hall–Kier alpha value is -2.96. The summed E-state index contributed by atoms with van der Waals surface area (Å²) in [6, 6.07) is 5.77.